The third-order valence-corrected chi connectivity index (χ3v) is 4.29. The van der Waals surface area contributed by atoms with E-state index in [4.69, 9.17) is 4.74 Å². The number of anilines is 1. The van der Waals surface area contributed by atoms with Crippen LogP contribution in [0.25, 0.3) is 0 Å². The second-order valence-corrected chi connectivity index (χ2v) is 5.86. The van der Waals surface area contributed by atoms with Crippen LogP contribution >= 0.6 is 0 Å². The summed E-state index contributed by atoms with van der Waals surface area (Å²) in [5, 5.41) is 0. The van der Waals surface area contributed by atoms with Gasteiger partial charge in [0.25, 0.3) is 0 Å². The Bertz CT molecular complexity index is 754. The molecule has 0 saturated carbocycles. The van der Waals surface area contributed by atoms with Crippen LogP contribution in [0.3, 0.4) is 0 Å². The Morgan fingerprint density at radius 2 is 1.75 bits per heavy atom. The van der Waals surface area contributed by atoms with Crippen molar-refractivity contribution in [3.63, 3.8) is 0 Å². The fourth-order valence-corrected chi connectivity index (χ4v) is 3.12. The highest BCUT2D eigenvalue weighted by molar-refractivity contribution is 6.09. The van der Waals surface area contributed by atoms with E-state index in [0.717, 1.165) is 25.2 Å². The van der Waals surface area contributed by atoms with Crippen LogP contribution in [0.15, 0.2) is 48.5 Å². The zero-order chi connectivity index (χ0) is 16.9. The van der Waals surface area contributed by atoms with Crippen molar-refractivity contribution in [3.8, 4) is 0 Å². The lowest BCUT2D eigenvalue weighted by Gasteiger charge is -2.32. The molecule has 0 N–H and O–H groups in total. The lowest BCUT2D eigenvalue weighted by atomic mass is 9.97. The van der Waals surface area contributed by atoms with Gasteiger partial charge in [-0.25, -0.2) is 0 Å². The Kier molecular flexibility index (Phi) is 4.94. The summed E-state index contributed by atoms with van der Waals surface area (Å²) in [6.45, 7) is 3.67. The number of hydrogen-bond donors (Lipinski definition) is 0. The van der Waals surface area contributed by atoms with E-state index in [9.17, 15) is 9.59 Å². The van der Waals surface area contributed by atoms with Crippen LogP contribution in [0.1, 0.15) is 34.8 Å². The molecule has 4 heteroatoms. The number of ether oxygens (including phenoxy) is 1. The van der Waals surface area contributed by atoms with Crippen LogP contribution in [-0.2, 0) is 22.5 Å². The molecular formula is C20H21NO3. The van der Waals surface area contributed by atoms with Gasteiger partial charge in [0.2, 0.25) is 0 Å². The highest BCUT2D eigenvalue weighted by atomic mass is 16.5. The molecule has 2 aromatic carbocycles. The van der Waals surface area contributed by atoms with Crippen LogP contribution in [0.4, 0.5) is 5.69 Å². The molecule has 1 aliphatic heterocycles. The van der Waals surface area contributed by atoms with Gasteiger partial charge in [-0.3, -0.25) is 9.59 Å². The molecule has 0 spiro atoms. The number of ketones is 1. The summed E-state index contributed by atoms with van der Waals surface area (Å²) in [6.07, 6.45) is 0.742. The number of rotatable bonds is 5. The quantitative estimate of drug-likeness (QED) is 0.481. The first-order valence-electron chi connectivity index (χ1n) is 8.28. The Hall–Kier alpha value is -2.62. The van der Waals surface area contributed by atoms with Crippen molar-refractivity contribution in [3.05, 3.63) is 65.2 Å². The van der Waals surface area contributed by atoms with Crippen LogP contribution in [0, 0.1) is 0 Å². The molecule has 0 amide bonds. The monoisotopic (exact) mass is 323 g/mol. The normalized spacial score (nSPS) is 13.3. The van der Waals surface area contributed by atoms with Gasteiger partial charge in [-0.15, -0.1) is 0 Å². The number of hydrogen-bond acceptors (Lipinski definition) is 4. The molecule has 0 aliphatic carbocycles. The minimum Gasteiger partial charge on any atom is -0.466 e. The number of esters is 1. The first kappa shape index (κ1) is 16.2. The lowest BCUT2D eigenvalue weighted by Crippen LogP contribution is -2.31. The third kappa shape index (κ3) is 3.48. The van der Waals surface area contributed by atoms with Crippen molar-refractivity contribution < 1.29 is 14.3 Å². The van der Waals surface area contributed by atoms with E-state index in [1.807, 2.05) is 24.3 Å². The van der Waals surface area contributed by atoms with E-state index in [-0.39, 0.29) is 18.8 Å². The van der Waals surface area contributed by atoms with Crippen LogP contribution in [0.5, 0.6) is 0 Å². The molecule has 1 aliphatic rings. The molecule has 0 radical (unpaired) electrons. The van der Waals surface area contributed by atoms with Gasteiger partial charge in [-0.2, -0.15) is 0 Å². The lowest BCUT2D eigenvalue weighted by molar-refractivity contribution is -0.141. The van der Waals surface area contributed by atoms with E-state index in [1.54, 1.807) is 13.0 Å². The van der Waals surface area contributed by atoms with Gasteiger partial charge in [0.05, 0.1) is 6.61 Å². The summed E-state index contributed by atoms with van der Waals surface area (Å²) in [6, 6.07) is 15.9. The van der Waals surface area contributed by atoms with Gasteiger partial charge in [0.1, 0.15) is 6.42 Å². The Labute approximate surface area is 142 Å². The molecule has 0 aromatic heterocycles. The van der Waals surface area contributed by atoms with E-state index < -0.39 is 5.97 Å². The molecule has 0 saturated heterocycles. The number of para-hydroxylation sites is 1. The second-order valence-electron chi connectivity index (χ2n) is 5.86. The van der Waals surface area contributed by atoms with Gasteiger partial charge in [-0.05, 0) is 36.6 Å². The summed E-state index contributed by atoms with van der Waals surface area (Å²) in [4.78, 5) is 26.3. The largest absolute Gasteiger partial charge is 0.466 e. The third-order valence-electron chi connectivity index (χ3n) is 4.29. The van der Waals surface area contributed by atoms with Crippen LogP contribution < -0.4 is 4.90 Å². The van der Waals surface area contributed by atoms with Crippen molar-refractivity contribution in [1.29, 1.82) is 0 Å². The standard InChI is InChI=1S/C20H21NO3/c1-2-24-20(23)13-19(22)17-9-5-6-10-18(17)21-12-11-15-7-3-4-8-16(15)14-21/h3-10H,2,11-14H2,1H3. The fourth-order valence-electron chi connectivity index (χ4n) is 3.12. The number of Topliss-reactive ketones (excluding diaryl/α,β-unsaturated/α-hetero) is 1. The van der Waals surface area contributed by atoms with E-state index in [2.05, 4.69) is 23.1 Å². The highest BCUT2D eigenvalue weighted by Gasteiger charge is 2.22. The van der Waals surface area contributed by atoms with E-state index in [1.165, 1.54) is 11.1 Å². The highest BCUT2D eigenvalue weighted by Crippen LogP contribution is 2.28. The molecule has 24 heavy (non-hydrogen) atoms. The molecule has 0 bridgehead atoms. The predicted octanol–water partition coefficient (Wildman–Crippen LogP) is 3.39. The SMILES string of the molecule is CCOC(=O)CC(=O)c1ccccc1N1CCc2ccccc2C1. The molecule has 1 heterocycles. The summed E-state index contributed by atoms with van der Waals surface area (Å²) < 4.78 is 4.89. The summed E-state index contributed by atoms with van der Waals surface area (Å²) >= 11 is 0. The van der Waals surface area contributed by atoms with Crippen LogP contribution in [0.2, 0.25) is 0 Å². The Morgan fingerprint density at radius 1 is 1.04 bits per heavy atom. The minimum absolute atomic E-state index is 0.192. The maximum absolute atomic E-state index is 12.5. The number of carbonyl (C=O) groups is 2. The number of fused-ring (bicyclic) bond motifs is 1. The van der Waals surface area contributed by atoms with Gasteiger partial charge in [0, 0.05) is 24.3 Å². The molecule has 0 atom stereocenters. The fraction of sp³-hybridized carbons (Fsp3) is 0.300. The first-order chi connectivity index (χ1) is 11.7. The molecular weight excluding hydrogens is 302 g/mol. The Morgan fingerprint density at radius 3 is 2.54 bits per heavy atom. The molecule has 4 nitrogen and oxygen atoms in total. The minimum atomic E-state index is -0.471. The molecule has 3 rings (SSSR count). The number of benzene rings is 2. The predicted molar refractivity (Wildman–Crippen MR) is 93.2 cm³/mol. The van der Waals surface area contributed by atoms with Gasteiger partial charge >= 0.3 is 5.97 Å². The molecule has 124 valence electrons. The van der Waals surface area contributed by atoms with Crippen molar-refractivity contribution in [2.45, 2.75) is 26.3 Å². The van der Waals surface area contributed by atoms with Crippen LogP contribution in [-0.4, -0.2) is 24.9 Å². The summed E-state index contributed by atoms with van der Waals surface area (Å²) in [5.74, 6) is -0.663. The van der Waals surface area contributed by atoms with Crippen molar-refractivity contribution in [1.82, 2.24) is 0 Å². The zero-order valence-corrected chi connectivity index (χ0v) is 13.8. The molecule has 0 fully saturated rings. The van der Waals surface area contributed by atoms with Gasteiger partial charge < -0.3 is 9.64 Å². The molecule has 2 aromatic rings. The average molecular weight is 323 g/mol. The van der Waals surface area contributed by atoms with Gasteiger partial charge in [0.15, 0.2) is 5.78 Å². The smallest absolute Gasteiger partial charge is 0.313 e. The molecule has 0 unspecified atom stereocenters. The topological polar surface area (TPSA) is 46.6 Å². The van der Waals surface area contributed by atoms with Crippen molar-refractivity contribution in [2.24, 2.45) is 0 Å². The average Bonchev–Trinajstić information content (AvgIpc) is 2.61. The number of nitrogens with zero attached hydrogens (tertiary/aromatic N) is 1. The van der Waals surface area contributed by atoms with Gasteiger partial charge in [-0.1, -0.05) is 36.4 Å². The van der Waals surface area contributed by atoms with E-state index in [0.29, 0.717) is 5.56 Å². The summed E-state index contributed by atoms with van der Waals surface area (Å²) in [5.41, 5.74) is 4.13. The summed E-state index contributed by atoms with van der Waals surface area (Å²) in [7, 11) is 0. The maximum Gasteiger partial charge on any atom is 0.313 e. The first-order valence-corrected chi connectivity index (χ1v) is 8.28. The number of carbonyl (C=O) groups excluding carboxylic acids is 2. The zero-order valence-electron chi connectivity index (χ0n) is 13.8. The van der Waals surface area contributed by atoms with Crippen molar-refractivity contribution in [2.75, 3.05) is 18.1 Å². The second kappa shape index (κ2) is 7.30. The Balaban J connectivity index is 1.82. The van der Waals surface area contributed by atoms with Crippen molar-refractivity contribution >= 4 is 17.4 Å². The maximum atomic E-state index is 12.5. The van der Waals surface area contributed by atoms with E-state index >= 15 is 0 Å².